The monoisotopic (exact) mass is 964 g/mol. The number of carbonyl (C=O) groups excluding carboxylic acids is 2. The summed E-state index contributed by atoms with van der Waals surface area (Å²) in [6, 6.07) is 0. The van der Waals surface area contributed by atoms with Gasteiger partial charge in [0.25, 0.3) is 20.2 Å². The standard InChI is InChI=1S/C53H89NO10S2/c1-32(9-11-38(55)8-7-26-65(59,60)61)39-12-14-41-48-43(19-23-52(39,41)5)50(3)21-17-34(28-36(50)30-45(48)56)35-18-22-51(4)37(29-35)31-46(57)49-42-15-13-40(53(42,6)24-20-44(49)51)33(2)10-16-47(58)54-25-27-66(62,63)64/h32-37,39-46,48-49,56-57H,7-31H2,1-6H3,(H,54,58)(H,59,60,61)(H,62,63,64)/t32-,33-,34?,35?,36?,37?,39-,40-,41+,42+,43+,44+,45+,46+,48?,49?,50+,51+,52-,53-/m1/s1. The average Bonchev–Trinajstić information content (AvgIpc) is 3.78. The Bertz CT molecular complexity index is 1860. The number of aliphatic hydroxyl groups excluding tert-OH is 2. The van der Waals surface area contributed by atoms with Crippen LogP contribution in [-0.4, -0.2) is 78.1 Å². The van der Waals surface area contributed by atoms with E-state index in [0.29, 0.717) is 95.7 Å². The van der Waals surface area contributed by atoms with Crippen molar-refractivity contribution in [1.29, 1.82) is 0 Å². The predicted molar refractivity (Wildman–Crippen MR) is 257 cm³/mol. The highest BCUT2D eigenvalue weighted by atomic mass is 32.2. The number of Topliss-reactive ketones (excluding diaryl/α,β-unsaturated/α-hetero) is 1. The van der Waals surface area contributed by atoms with Crippen LogP contribution in [0.4, 0.5) is 0 Å². The third-order valence-corrected chi connectivity index (χ3v) is 24.4. The number of carbonyl (C=O) groups is 2. The van der Waals surface area contributed by atoms with Crippen LogP contribution in [0.2, 0.25) is 0 Å². The van der Waals surface area contributed by atoms with Gasteiger partial charge in [-0.15, -0.1) is 0 Å². The van der Waals surface area contributed by atoms with Gasteiger partial charge in [-0.1, -0.05) is 41.5 Å². The molecule has 0 heterocycles. The van der Waals surface area contributed by atoms with Crippen LogP contribution in [-0.2, 0) is 29.8 Å². The van der Waals surface area contributed by atoms with Gasteiger partial charge in [0.05, 0.1) is 23.7 Å². The highest BCUT2D eigenvalue weighted by Gasteiger charge is 2.65. The van der Waals surface area contributed by atoms with Gasteiger partial charge in [-0.2, -0.15) is 16.8 Å². The number of aliphatic hydroxyl groups is 2. The molecule has 0 aromatic rings. The lowest BCUT2D eigenvalue weighted by Crippen LogP contribution is -2.59. The van der Waals surface area contributed by atoms with E-state index >= 15 is 0 Å². The second kappa shape index (κ2) is 19.1. The van der Waals surface area contributed by atoms with Gasteiger partial charge in [0.2, 0.25) is 5.91 Å². The second-order valence-corrected chi connectivity index (χ2v) is 28.9. The normalized spacial score (nSPS) is 46.4. The van der Waals surface area contributed by atoms with E-state index < -0.39 is 26.0 Å². The van der Waals surface area contributed by atoms with Crippen molar-refractivity contribution in [3.63, 3.8) is 0 Å². The third kappa shape index (κ3) is 9.78. The molecule has 8 rings (SSSR count). The summed E-state index contributed by atoms with van der Waals surface area (Å²) in [5, 5.41) is 27.1. The molecule has 20 atom stereocenters. The Morgan fingerprint density at radius 1 is 0.561 bits per heavy atom. The van der Waals surface area contributed by atoms with Crippen LogP contribution in [0, 0.1) is 105 Å². The molecule has 8 aliphatic rings. The van der Waals surface area contributed by atoms with Crippen molar-refractivity contribution in [3.05, 3.63) is 0 Å². The van der Waals surface area contributed by atoms with Crippen molar-refractivity contribution in [2.75, 3.05) is 18.1 Å². The van der Waals surface area contributed by atoms with Crippen LogP contribution < -0.4 is 5.32 Å². The molecule has 0 aliphatic heterocycles. The van der Waals surface area contributed by atoms with Gasteiger partial charge in [0.15, 0.2) is 0 Å². The maximum absolute atomic E-state index is 12.7. The van der Waals surface area contributed by atoms with Gasteiger partial charge in [-0.05, 0) is 227 Å². The van der Waals surface area contributed by atoms with E-state index in [2.05, 4.69) is 46.9 Å². The van der Waals surface area contributed by atoms with Crippen molar-refractivity contribution in [2.24, 2.45) is 105 Å². The van der Waals surface area contributed by atoms with E-state index in [-0.39, 0.29) is 70.7 Å². The molecule has 11 nitrogen and oxygen atoms in total. The number of nitrogens with one attached hydrogen (secondary N) is 1. The fraction of sp³-hybridized carbons (Fsp3) is 0.962. The van der Waals surface area contributed by atoms with Crippen LogP contribution >= 0.6 is 0 Å². The van der Waals surface area contributed by atoms with Gasteiger partial charge in [-0.3, -0.25) is 18.7 Å². The summed E-state index contributed by atoms with van der Waals surface area (Å²) < 4.78 is 62.5. The molecule has 0 spiro atoms. The highest BCUT2D eigenvalue weighted by molar-refractivity contribution is 7.86. The molecule has 0 aromatic heterocycles. The van der Waals surface area contributed by atoms with E-state index in [4.69, 9.17) is 9.11 Å². The Hall–Kier alpha value is -1.12. The Kier molecular flexibility index (Phi) is 14.9. The molecule has 0 aromatic carbocycles. The molecule has 5 N–H and O–H groups in total. The molecule has 13 heteroatoms. The second-order valence-electron chi connectivity index (χ2n) is 25.7. The Morgan fingerprint density at radius 3 is 1.44 bits per heavy atom. The largest absolute Gasteiger partial charge is 0.393 e. The lowest BCUT2D eigenvalue weighted by molar-refractivity contribution is -0.183. The summed E-state index contributed by atoms with van der Waals surface area (Å²) >= 11 is 0. The Morgan fingerprint density at radius 2 is 0.985 bits per heavy atom. The topological polar surface area (TPSA) is 195 Å². The zero-order chi connectivity index (χ0) is 47.8. The molecular formula is C53H89NO10S2. The first kappa shape index (κ1) is 51.2. The minimum absolute atomic E-state index is 0.0739. The highest BCUT2D eigenvalue weighted by Crippen LogP contribution is 2.72. The quantitative estimate of drug-likeness (QED) is 0.0930. The zero-order valence-electron chi connectivity index (χ0n) is 41.5. The molecule has 0 saturated heterocycles. The summed E-state index contributed by atoms with van der Waals surface area (Å²) in [6.45, 7) is 14.7. The zero-order valence-corrected chi connectivity index (χ0v) is 43.1. The van der Waals surface area contributed by atoms with Crippen molar-refractivity contribution in [2.45, 2.75) is 195 Å². The number of hydrogen-bond acceptors (Lipinski definition) is 8. The summed E-state index contributed by atoms with van der Waals surface area (Å²) in [5.41, 5.74) is 0.843. The lowest BCUT2D eigenvalue weighted by Gasteiger charge is -2.64. The van der Waals surface area contributed by atoms with Gasteiger partial charge in [-0.25, -0.2) is 0 Å². The third-order valence-electron chi connectivity index (χ3n) is 22.9. The van der Waals surface area contributed by atoms with Crippen molar-refractivity contribution in [1.82, 2.24) is 5.32 Å². The number of amides is 1. The minimum atomic E-state index is -4.10. The molecule has 6 unspecified atom stereocenters. The van der Waals surface area contributed by atoms with Gasteiger partial charge in [0.1, 0.15) is 5.78 Å². The summed E-state index contributed by atoms with van der Waals surface area (Å²) in [7, 11) is -8.15. The predicted octanol–water partition coefficient (Wildman–Crippen LogP) is 9.55. The van der Waals surface area contributed by atoms with Crippen LogP contribution in [0.3, 0.4) is 0 Å². The lowest BCUT2D eigenvalue weighted by atomic mass is 9.41. The Balaban J connectivity index is 0.848. The summed E-state index contributed by atoms with van der Waals surface area (Å²) in [4.78, 5) is 25.2. The summed E-state index contributed by atoms with van der Waals surface area (Å²) in [5.74, 6) is 6.20. The molecule has 0 bridgehead atoms. The fourth-order valence-corrected chi connectivity index (χ4v) is 20.3. The molecule has 378 valence electrons. The van der Waals surface area contributed by atoms with Crippen molar-refractivity contribution in [3.8, 4) is 0 Å². The SMILES string of the molecule is C[C@H](CCC(=O)CCCS(=O)(=O)O)[C@H]1CC[C@H]2C3[C@@H](O)CC4CC(C5CC[C@@]6(C)C(C5)C[C@H](O)C5[C@@H]7CC[C@H]([C@H](C)CCC(=O)NCCS(=O)(=O)O)[C@@]7(C)CC[C@@H]56)CC[C@]4(C)[C@H]3CC[C@]12C. The van der Waals surface area contributed by atoms with Gasteiger partial charge in [0, 0.05) is 25.8 Å². The number of ketones is 1. The fourth-order valence-electron chi connectivity index (χ4n) is 19.5. The van der Waals surface area contributed by atoms with E-state index in [0.717, 1.165) is 51.4 Å². The van der Waals surface area contributed by atoms with Gasteiger partial charge >= 0.3 is 0 Å². The first-order chi connectivity index (χ1) is 30.9. The van der Waals surface area contributed by atoms with Crippen LogP contribution in [0.25, 0.3) is 0 Å². The molecule has 1 amide bonds. The maximum Gasteiger partial charge on any atom is 0.266 e. The van der Waals surface area contributed by atoms with Crippen molar-refractivity contribution < 1.29 is 45.7 Å². The number of rotatable bonds is 16. The maximum atomic E-state index is 12.7. The van der Waals surface area contributed by atoms with Crippen LogP contribution in [0.1, 0.15) is 183 Å². The average molecular weight is 964 g/mol. The minimum Gasteiger partial charge on any atom is -0.393 e. The van der Waals surface area contributed by atoms with Crippen LogP contribution in [0.5, 0.6) is 0 Å². The number of hydrogen-bond donors (Lipinski definition) is 5. The van der Waals surface area contributed by atoms with E-state index in [1.54, 1.807) is 0 Å². The number of fused-ring (bicyclic) bond motifs is 10. The van der Waals surface area contributed by atoms with E-state index in [1.165, 1.54) is 64.2 Å². The van der Waals surface area contributed by atoms with E-state index in [9.17, 15) is 36.6 Å². The molecular weight excluding hydrogens is 875 g/mol. The molecule has 8 fully saturated rings. The molecule has 8 aliphatic carbocycles. The molecule has 0 radical (unpaired) electrons. The first-order valence-electron chi connectivity index (χ1n) is 26.9. The van der Waals surface area contributed by atoms with E-state index in [1.807, 2.05) is 0 Å². The van der Waals surface area contributed by atoms with Crippen LogP contribution in [0.15, 0.2) is 0 Å². The first-order valence-corrected chi connectivity index (χ1v) is 30.1. The smallest absolute Gasteiger partial charge is 0.266 e. The molecule has 66 heavy (non-hydrogen) atoms. The Labute approximate surface area is 398 Å². The van der Waals surface area contributed by atoms with Crippen molar-refractivity contribution >= 4 is 31.9 Å². The van der Waals surface area contributed by atoms with Gasteiger partial charge < -0.3 is 15.5 Å². The molecule has 8 saturated carbocycles. The summed E-state index contributed by atoms with van der Waals surface area (Å²) in [6.07, 6.45) is 21.0.